The summed E-state index contributed by atoms with van der Waals surface area (Å²) in [5.41, 5.74) is 0.856. The van der Waals surface area contributed by atoms with Gasteiger partial charge in [-0.1, -0.05) is 0 Å². The average Bonchev–Trinajstić information content (AvgIpc) is 2.28. The standard InChI is InChI=1S/C12H12N2O3/c1-3-4-7-13-12(15)10-5-6-11(14(16)17)9(2)8-10/h1,5-6,8H,4,7H2,2H3,(H,13,15). The molecule has 0 unspecified atom stereocenters. The van der Waals surface area contributed by atoms with Crippen LogP contribution in [-0.4, -0.2) is 17.4 Å². The van der Waals surface area contributed by atoms with Crippen LogP contribution >= 0.6 is 0 Å². The second kappa shape index (κ2) is 5.66. The molecule has 1 aromatic carbocycles. The fourth-order valence-corrected chi connectivity index (χ4v) is 1.35. The van der Waals surface area contributed by atoms with Crippen molar-refractivity contribution in [1.29, 1.82) is 0 Å². The minimum atomic E-state index is -0.477. The molecule has 0 atom stereocenters. The molecule has 0 saturated heterocycles. The number of nitro groups is 1. The Bertz CT molecular complexity index is 489. The van der Waals surface area contributed by atoms with Crippen molar-refractivity contribution in [2.75, 3.05) is 6.54 Å². The van der Waals surface area contributed by atoms with Crippen LogP contribution in [0, 0.1) is 29.4 Å². The highest BCUT2D eigenvalue weighted by molar-refractivity contribution is 5.94. The van der Waals surface area contributed by atoms with Gasteiger partial charge < -0.3 is 5.32 Å². The normalized spacial score (nSPS) is 9.41. The van der Waals surface area contributed by atoms with Crippen LogP contribution in [-0.2, 0) is 0 Å². The van der Waals surface area contributed by atoms with E-state index in [1.165, 1.54) is 18.2 Å². The number of terminal acetylenes is 1. The summed E-state index contributed by atoms with van der Waals surface area (Å²) in [4.78, 5) is 21.7. The van der Waals surface area contributed by atoms with Crippen molar-refractivity contribution < 1.29 is 9.72 Å². The van der Waals surface area contributed by atoms with Gasteiger partial charge in [0.15, 0.2) is 0 Å². The zero-order chi connectivity index (χ0) is 12.8. The summed E-state index contributed by atoms with van der Waals surface area (Å²) >= 11 is 0. The van der Waals surface area contributed by atoms with E-state index >= 15 is 0 Å². The van der Waals surface area contributed by atoms with E-state index < -0.39 is 4.92 Å². The maximum absolute atomic E-state index is 11.6. The third kappa shape index (κ3) is 3.31. The van der Waals surface area contributed by atoms with Crippen LogP contribution in [0.5, 0.6) is 0 Å². The van der Waals surface area contributed by atoms with Gasteiger partial charge in [0.1, 0.15) is 0 Å². The maximum atomic E-state index is 11.6. The van der Waals surface area contributed by atoms with Crippen molar-refractivity contribution in [3.05, 3.63) is 39.4 Å². The molecule has 0 heterocycles. The molecule has 0 saturated carbocycles. The number of carbonyl (C=O) groups is 1. The van der Waals surface area contributed by atoms with Crippen LogP contribution in [0.15, 0.2) is 18.2 Å². The van der Waals surface area contributed by atoms with Gasteiger partial charge in [-0.2, -0.15) is 0 Å². The number of hydrogen-bond acceptors (Lipinski definition) is 3. The van der Waals surface area contributed by atoms with Gasteiger partial charge in [-0.15, -0.1) is 12.3 Å². The largest absolute Gasteiger partial charge is 0.351 e. The lowest BCUT2D eigenvalue weighted by molar-refractivity contribution is -0.385. The van der Waals surface area contributed by atoms with Crippen LogP contribution < -0.4 is 5.32 Å². The molecule has 0 aliphatic carbocycles. The van der Waals surface area contributed by atoms with Crippen LogP contribution in [0.1, 0.15) is 22.3 Å². The molecular formula is C12H12N2O3. The molecule has 0 aromatic heterocycles. The number of nitrogens with zero attached hydrogens (tertiary/aromatic N) is 1. The van der Waals surface area contributed by atoms with Crippen LogP contribution in [0.4, 0.5) is 5.69 Å². The number of hydrogen-bond donors (Lipinski definition) is 1. The van der Waals surface area contributed by atoms with E-state index in [2.05, 4.69) is 11.2 Å². The van der Waals surface area contributed by atoms with Crippen LogP contribution in [0.2, 0.25) is 0 Å². The van der Waals surface area contributed by atoms with Crippen molar-refractivity contribution in [3.63, 3.8) is 0 Å². The van der Waals surface area contributed by atoms with Gasteiger partial charge in [-0.25, -0.2) is 0 Å². The second-order valence-corrected chi connectivity index (χ2v) is 3.47. The summed E-state index contributed by atoms with van der Waals surface area (Å²) in [6.07, 6.45) is 5.51. The molecule has 0 aliphatic heterocycles. The quantitative estimate of drug-likeness (QED) is 0.371. The molecule has 0 fully saturated rings. The highest BCUT2D eigenvalue weighted by Crippen LogP contribution is 2.18. The number of benzene rings is 1. The predicted octanol–water partition coefficient (Wildman–Crippen LogP) is 1.66. The molecule has 1 aromatic rings. The highest BCUT2D eigenvalue weighted by Gasteiger charge is 2.13. The zero-order valence-corrected chi connectivity index (χ0v) is 9.40. The Balaban J connectivity index is 2.80. The highest BCUT2D eigenvalue weighted by atomic mass is 16.6. The number of amides is 1. The first-order valence-electron chi connectivity index (χ1n) is 5.03. The molecule has 5 nitrogen and oxygen atoms in total. The van der Waals surface area contributed by atoms with E-state index in [1.54, 1.807) is 6.92 Å². The Morgan fingerprint density at radius 3 is 2.82 bits per heavy atom. The minimum Gasteiger partial charge on any atom is -0.351 e. The lowest BCUT2D eigenvalue weighted by atomic mass is 10.1. The molecular weight excluding hydrogens is 220 g/mol. The zero-order valence-electron chi connectivity index (χ0n) is 9.40. The number of nitrogens with one attached hydrogen (secondary N) is 1. The van der Waals surface area contributed by atoms with Gasteiger partial charge in [0, 0.05) is 30.2 Å². The summed E-state index contributed by atoms with van der Waals surface area (Å²) < 4.78 is 0. The number of rotatable bonds is 4. The lowest BCUT2D eigenvalue weighted by Crippen LogP contribution is -2.24. The van der Waals surface area contributed by atoms with Crippen molar-refractivity contribution in [3.8, 4) is 12.3 Å². The van der Waals surface area contributed by atoms with Crippen molar-refractivity contribution >= 4 is 11.6 Å². The Kier molecular flexibility index (Phi) is 4.23. The smallest absolute Gasteiger partial charge is 0.272 e. The molecule has 1 amide bonds. The van der Waals surface area contributed by atoms with E-state index in [1.807, 2.05) is 0 Å². The number of aryl methyl sites for hydroxylation is 1. The molecule has 1 rings (SSSR count). The summed E-state index contributed by atoms with van der Waals surface area (Å²) in [6.45, 7) is 1.99. The van der Waals surface area contributed by atoms with Crippen molar-refractivity contribution in [2.24, 2.45) is 0 Å². The van der Waals surface area contributed by atoms with E-state index in [0.717, 1.165) is 0 Å². The first kappa shape index (κ1) is 12.7. The predicted molar refractivity (Wildman–Crippen MR) is 63.6 cm³/mol. The molecule has 0 radical (unpaired) electrons. The Morgan fingerprint density at radius 1 is 1.59 bits per heavy atom. The summed E-state index contributed by atoms with van der Waals surface area (Å²) in [5.74, 6) is 2.13. The van der Waals surface area contributed by atoms with E-state index in [0.29, 0.717) is 24.1 Å². The number of nitro benzene ring substituents is 1. The van der Waals surface area contributed by atoms with E-state index in [9.17, 15) is 14.9 Å². The molecule has 0 spiro atoms. The Labute approximate surface area is 99.0 Å². The average molecular weight is 232 g/mol. The van der Waals surface area contributed by atoms with Gasteiger partial charge in [0.25, 0.3) is 11.6 Å². The maximum Gasteiger partial charge on any atom is 0.272 e. The van der Waals surface area contributed by atoms with Crippen LogP contribution in [0.3, 0.4) is 0 Å². The fraction of sp³-hybridized carbons (Fsp3) is 0.250. The minimum absolute atomic E-state index is 0.00479. The molecule has 1 N–H and O–H groups in total. The van der Waals surface area contributed by atoms with Crippen LogP contribution in [0.25, 0.3) is 0 Å². The molecule has 0 bridgehead atoms. The molecule has 17 heavy (non-hydrogen) atoms. The van der Waals surface area contributed by atoms with E-state index in [4.69, 9.17) is 6.42 Å². The Morgan fingerprint density at radius 2 is 2.29 bits per heavy atom. The SMILES string of the molecule is C#CCCNC(=O)c1ccc([N+](=O)[O-])c(C)c1. The third-order valence-electron chi connectivity index (χ3n) is 2.21. The lowest BCUT2D eigenvalue weighted by Gasteiger charge is -2.04. The summed E-state index contributed by atoms with van der Waals surface area (Å²) in [7, 11) is 0. The third-order valence-corrected chi connectivity index (χ3v) is 2.21. The van der Waals surface area contributed by atoms with Gasteiger partial charge >= 0.3 is 0 Å². The first-order valence-corrected chi connectivity index (χ1v) is 5.03. The molecule has 0 aliphatic rings. The van der Waals surface area contributed by atoms with Gasteiger partial charge in [-0.3, -0.25) is 14.9 Å². The van der Waals surface area contributed by atoms with Gasteiger partial charge in [-0.05, 0) is 19.1 Å². The topological polar surface area (TPSA) is 72.2 Å². The number of carbonyl (C=O) groups excluding carboxylic acids is 1. The summed E-state index contributed by atoms with van der Waals surface area (Å²) in [5, 5.41) is 13.2. The van der Waals surface area contributed by atoms with Crippen molar-refractivity contribution in [1.82, 2.24) is 5.32 Å². The Hall–Kier alpha value is -2.35. The first-order chi connectivity index (χ1) is 8.06. The fourth-order valence-electron chi connectivity index (χ4n) is 1.35. The van der Waals surface area contributed by atoms with Gasteiger partial charge in [0.2, 0.25) is 0 Å². The molecule has 5 heteroatoms. The van der Waals surface area contributed by atoms with Gasteiger partial charge in [0.05, 0.1) is 4.92 Å². The van der Waals surface area contributed by atoms with Crippen molar-refractivity contribution in [2.45, 2.75) is 13.3 Å². The molecule has 88 valence electrons. The monoisotopic (exact) mass is 232 g/mol. The van der Waals surface area contributed by atoms with E-state index in [-0.39, 0.29) is 11.6 Å². The summed E-state index contributed by atoms with van der Waals surface area (Å²) in [6, 6.07) is 4.24. The second-order valence-electron chi connectivity index (χ2n) is 3.47.